The van der Waals surface area contributed by atoms with E-state index in [0.717, 1.165) is 16.5 Å². The Bertz CT molecular complexity index is 1190. The van der Waals surface area contributed by atoms with Gasteiger partial charge in [-0.05, 0) is 17.5 Å². The highest BCUT2D eigenvalue weighted by Crippen LogP contribution is 2.30. The first-order valence-electron chi connectivity index (χ1n) is 8.81. The predicted octanol–water partition coefficient (Wildman–Crippen LogP) is 5.23. The quantitative estimate of drug-likeness (QED) is 0.383. The average molecular weight is 367 g/mol. The molecular weight excluding hydrogens is 350 g/mol. The molecule has 0 unspecified atom stereocenters. The predicted molar refractivity (Wildman–Crippen MR) is 111 cm³/mol. The first-order valence-corrected chi connectivity index (χ1v) is 8.81. The second-order valence-electron chi connectivity index (χ2n) is 6.38. The number of benzene rings is 4. The second kappa shape index (κ2) is 7.37. The van der Waals surface area contributed by atoms with Crippen molar-refractivity contribution in [3.63, 3.8) is 0 Å². The molecule has 0 aliphatic rings. The summed E-state index contributed by atoms with van der Waals surface area (Å²) in [5.41, 5.74) is 1.68. The zero-order chi connectivity index (χ0) is 19.5. The van der Waals surface area contributed by atoms with Gasteiger partial charge in [-0.1, -0.05) is 66.7 Å². The van der Waals surface area contributed by atoms with Gasteiger partial charge in [0, 0.05) is 28.8 Å². The average Bonchev–Trinajstić information content (AvgIpc) is 2.73. The van der Waals surface area contributed by atoms with Crippen LogP contribution in [-0.4, -0.2) is 22.2 Å². The molecule has 4 nitrogen and oxygen atoms in total. The van der Waals surface area contributed by atoms with Gasteiger partial charge in [0.25, 0.3) is 0 Å². The van der Waals surface area contributed by atoms with Crippen LogP contribution < -0.4 is 0 Å². The molecule has 136 valence electrons. The van der Waals surface area contributed by atoms with Crippen molar-refractivity contribution in [2.75, 3.05) is 0 Å². The molecule has 0 saturated carbocycles. The molecule has 4 rings (SSSR count). The summed E-state index contributed by atoms with van der Waals surface area (Å²) < 4.78 is 0. The molecule has 0 aliphatic carbocycles. The molecule has 0 atom stereocenters. The first kappa shape index (κ1) is 17.5. The van der Waals surface area contributed by atoms with E-state index in [1.807, 2.05) is 48.5 Å². The number of hydrogen-bond acceptors (Lipinski definition) is 4. The number of carbonyl (C=O) groups excluding carboxylic acids is 1. The van der Waals surface area contributed by atoms with Crippen molar-refractivity contribution in [1.29, 1.82) is 0 Å². The number of phenolic OH excluding ortho intramolecular Hbond substituents is 2. The van der Waals surface area contributed by atoms with E-state index in [-0.39, 0.29) is 22.8 Å². The van der Waals surface area contributed by atoms with Crippen LogP contribution >= 0.6 is 0 Å². The molecule has 4 aromatic carbocycles. The summed E-state index contributed by atoms with van der Waals surface area (Å²) in [4.78, 5) is 17.2. The maximum Gasteiger partial charge on any atom is 0.196 e. The summed E-state index contributed by atoms with van der Waals surface area (Å²) in [5.74, 6) is -0.738. The van der Waals surface area contributed by atoms with Gasteiger partial charge in [0.15, 0.2) is 5.78 Å². The number of nitrogens with zero attached hydrogens (tertiary/aromatic N) is 1. The Hall–Kier alpha value is -3.92. The van der Waals surface area contributed by atoms with Crippen LogP contribution in [0.3, 0.4) is 0 Å². The van der Waals surface area contributed by atoms with Crippen molar-refractivity contribution < 1.29 is 15.0 Å². The fourth-order valence-corrected chi connectivity index (χ4v) is 3.08. The smallest absolute Gasteiger partial charge is 0.196 e. The topological polar surface area (TPSA) is 69.9 Å². The van der Waals surface area contributed by atoms with E-state index in [1.54, 1.807) is 24.3 Å². The van der Waals surface area contributed by atoms with E-state index in [4.69, 9.17) is 0 Å². The van der Waals surface area contributed by atoms with Crippen molar-refractivity contribution in [3.8, 4) is 11.5 Å². The molecule has 28 heavy (non-hydrogen) atoms. The van der Waals surface area contributed by atoms with E-state index in [2.05, 4.69) is 4.99 Å². The third-order valence-electron chi connectivity index (χ3n) is 4.53. The summed E-state index contributed by atoms with van der Waals surface area (Å²) in [7, 11) is 0. The standard InChI is InChI=1S/C24H17NO3/c26-22-14-23(27)20(24(28)17-8-2-1-3-9-17)13-18(22)15-25-21-12-6-10-16-7-4-5-11-19(16)21/h1-15,26-27H. The second-order valence-corrected chi connectivity index (χ2v) is 6.38. The van der Waals surface area contributed by atoms with E-state index < -0.39 is 0 Å². The lowest BCUT2D eigenvalue weighted by Gasteiger charge is -2.07. The Balaban J connectivity index is 1.74. The Morgan fingerprint density at radius 2 is 1.50 bits per heavy atom. The Morgan fingerprint density at radius 1 is 0.786 bits per heavy atom. The van der Waals surface area contributed by atoms with Crippen molar-refractivity contribution in [3.05, 3.63) is 102 Å². The van der Waals surface area contributed by atoms with Gasteiger partial charge in [0.05, 0.1) is 11.3 Å². The molecule has 0 spiro atoms. The van der Waals surface area contributed by atoms with Crippen LogP contribution in [0.2, 0.25) is 0 Å². The van der Waals surface area contributed by atoms with Crippen LogP contribution in [0.25, 0.3) is 10.8 Å². The molecule has 0 amide bonds. The molecule has 0 radical (unpaired) electrons. The van der Waals surface area contributed by atoms with Crippen LogP contribution in [0, 0.1) is 0 Å². The number of ketones is 1. The molecular formula is C24H17NO3. The van der Waals surface area contributed by atoms with Gasteiger partial charge in [-0.3, -0.25) is 9.79 Å². The maximum absolute atomic E-state index is 12.7. The number of fused-ring (bicyclic) bond motifs is 1. The Kier molecular flexibility index (Phi) is 4.60. The van der Waals surface area contributed by atoms with Gasteiger partial charge < -0.3 is 10.2 Å². The fraction of sp³-hybridized carbons (Fsp3) is 0. The monoisotopic (exact) mass is 367 g/mol. The van der Waals surface area contributed by atoms with Crippen LogP contribution in [0.15, 0.2) is 89.9 Å². The van der Waals surface area contributed by atoms with E-state index in [0.29, 0.717) is 11.1 Å². The van der Waals surface area contributed by atoms with Crippen LogP contribution in [0.1, 0.15) is 21.5 Å². The zero-order valence-corrected chi connectivity index (χ0v) is 14.9. The largest absolute Gasteiger partial charge is 0.507 e. The zero-order valence-electron chi connectivity index (χ0n) is 14.9. The van der Waals surface area contributed by atoms with Gasteiger partial charge in [-0.25, -0.2) is 0 Å². The molecule has 0 bridgehead atoms. The minimum atomic E-state index is -0.321. The summed E-state index contributed by atoms with van der Waals surface area (Å²) in [6, 6.07) is 25.0. The van der Waals surface area contributed by atoms with Crippen molar-refractivity contribution in [2.45, 2.75) is 0 Å². The fourth-order valence-electron chi connectivity index (χ4n) is 3.08. The van der Waals surface area contributed by atoms with E-state index in [9.17, 15) is 15.0 Å². The number of phenols is 2. The van der Waals surface area contributed by atoms with Crippen LogP contribution in [-0.2, 0) is 0 Å². The van der Waals surface area contributed by atoms with E-state index in [1.165, 1.54) is 18.3 Å². The number of rotatable bonds is 4. The molecule has 0 fully saturated rings. The lowest BCUT2D eigenvalue weighted by molar-refractivity contribution is 0.103. The molecule has 0 aromatic heterocycles. The molecule has 4 heteroatoms. The van der Waals surface area contributed by atoms with Crippen LogP contribution in [0.5, 0.6) is 11.5 Å². The normalized spacial score (nSPS) is 11.1. The van der Waals surface area contributed by atoms with Gasteiger partial charge in [0.2, 0.25) is 0 Å². The lowest BCUT2D eigenvalue weighted by Crippen LogP contribution is -2.02. The van der Waals surface area contributed by atoms with Gasteiger partial charge in [-0.2, -0.15) is 0 Å². The van der Waals surface area contributed by atoms with Crippen molar-refractivity contribution >= 4 is 28.5 Å². The number of hydrogen-bond donors (Lipinski definition) is 2. The Morgan fingerprint density at radius 3 is 2.32 bits per heavy atom. The highest BCUT2D eigenvalue weighted by molar-refractivity contribution is 6.11. The van der Waals surface area contributed by atoms with Gasteiger partial charge >= 0.3 is 0 Å². The highest BCUT2D eigenvalue weighted by Gasteiger charge is 2.16. The number of aliphatic imine (C=N–C) groups is 1. The molecule has 4 aromatic rings. The third-order valence-corrected chi connectivity index (χ3v) is 4.53. The van der Waals surface area contributed by atoms with Gasteiger partial charge in [-0.15, -0.1) is 0 Å². The third kappa shape index (κ3) is 3.35. The number of aromatic hydroxyl groups is 2. The summed E-state index contributed by atoms with van der Waals surface area (Å²) in [6.45, 7) is 0. The maximum atomic E-state index is 12.7. The Labute approximate surface area is 162 Å². The minimum absolute atomic E-state index is 0.114. The molecule has 0 heterocycles. The van der Waals surface area contributed by atoms with Crippen molar-refractivity contribution in [1.82, 2.24) is 0 Å². The summed E-state index contributed by atoms with van der Waals surface area (Å²) in [5, 5.41) is 22.4. The molecule has 2 N–H and O–H groups in total. The molecule has 0 saturated heterocycles. The highest BCUT2D eigenvalue weighted by atomic mass is 16.3. The van der Waals surface area contributed by atoms with E-state index >= 15 is 0 Å². The minimum Gasteiger partial charge on any atom is -0.507 e. The van der Waals surface area contributed by atoms with Crippen LogP contribution in [0.4, 0.5) is 5.69 Å². The van der Waals surface area contributed by atoms with Crippen molar-refractivity contribution in [2.24, 2.45) is 4.99 Å². The van der Waals surface area contributed by atoms with Gasteiger partial charge in [0.1, 0.15) is 11.5 Å². The number of carbonyl (C=O) groups is 1. The summed E-state index contributed by atoms with van der Waals surface area (Å²) in [6.07, 6.45) is 1.50. The summed E-state index contributed by atoms with van der Waals surface area (Å²) >= 11 is 0. The first-order chi connectivity index (χ1) is 13.6. The molecule has 0 aliphatic heterocycles. The SMILES string of the molecule is O=C(c1ccccc1)c1cc(C=Nc2cccc3ccccc23)c(O)cc1O. The lowest BCUT2D eigenvalue weighted by atomic mass is 10.00.